The summed E-state index contributed by atoms with van der Waals surface area (Å²) in [5.41, 5.74) is 3.72. The van der Waals surface area contributed by atoms with Crippen molar-refractivity contribution in [2.75, 3.05) is 6.54 Å². The molecule has 1 fully saturated rings. The average Bonchev–Trinajstić information content (AvgIpc) is 2.56. The molecule has 0 heterocycles. The van der Waals surface area contributed by atoms with Gasteiger partial charge in [0.25, 0.3) is 5.91 Å². The third kappa shape index (κ3) is 3.65. The molecule has 0 radical (unpaired) electrons. The number of aryl methyl sites for hydroxylation is 2. The number of hydrogen-bond donors (Lipinski definition) is 1. The summed E-state index contributed by atoms with van der Waals surface area (Å²) < 4.78 is 35.2. The van der Waals surface area contributed by atoms with Crippen molar-refractivity contribution in [2.45, 2.75) is 43.4 Å². The number of amides is 1. The van der Waals surface area contributed by atoms with Gasteiger partial charge >= 0.3 is 10.2 Å². The predicted octanol–water partition coefficient (Wildman–Crippen LogP) is 3.81. The highest BCUT2D eigenvalue weighted by Gasteiger charge is 2.39. The molecule has 1 amide bonds. The van der Waals surface area contributed by atoms with Crippen molar-refractivity contribution in [3.05, 3.63) is 64.7 Å². The van der Waals surface area contributed by atoms with E-state index in [2.05, 4.69) is 37.4 Å². The van der Waals surface area contributed by atoms with Crippen molar-refractivity contribution in [1.29, 1.82) is 0 Å². The Morgan fingerprint density at radius 2 is 1.85 bits per heavy atom. The summed E-state index contributed by atoms with van der Waals surface area (Å²) in [6, 6.07) is 11.4. The van der Waals surface area contributed by atoms with Gasteiger partial charge in [-0.2, -0.15) is 8.42 Å². The zero-order chi connectivity index (χ0) is 18.9. The second-order valence-electron chi connectivity index (χ2n) is 7.08. The molecule has 0 saturated heterocycles. The smallest absolute Gasteiger partial charge is 0.332 e. The lowest BCUT2D eigenvalue weighted by atomic mass is 9.64. The van der Waals surface area contributed by atoms with Crippen molar-refractivity contribution in [3.63, 3.8) is 0 Å². The first kappa shape index (κ1) is 18.6. The second kappa shape index (κ2) is 6.83. The minimum Gasteiger partial charge on any atom is -0.351 e. The maximum atomic E-state index is 13.1. The van der Waals surface area contributed by atoms with E-state index < -0.39 is 21.0 Å². The summed E-state index contributed by atoms with van der Waals surface area (Å²) in [6.45, 7) is 4.62. The lowest BCUT2D eigenvalue weighted by Crippen LogP contribution is -2.45. The number of hydrogen-bond acceptors (Lipinski definition) is 3. The van der Waals surface area contributed by atoms with Crippen LogP contribution in [-0.4, -0.2) is 20.9 Å². The Morgan fingerprint density at radius 1 is 1.12 bits per heavy atom. The van der Waals surface area contributed by atoms with Crippen LogP contribution in [0.5, 0.6) is 0 Å². The lowest BCUT2D eigenvalue weighted by Gasteiger charge is -2.43. The lowest BCUT2D eigenvalue weighted by molar-refractivity contribution is 0.0927. The van der Waals surface area contributed by atoms with Crippen LogP contribution in [0.2, 0.25) is 0 Å². The molecule has 0 bridgehead atoms. The maximum absolute atomic E-state index is 13.1. The van der Waals surface area contributed by atoms with E-state index in [0.717, 1.165) is 31.4 Å². The van der Waals surface area contributed by atoms with Crippen LogP contribution < -0.4 is 5.32 Å². The number of halogens is 1. The quantitative estimate of drug-likeness (QED) is 0.808. The fourth-order valence-electron chi connectivity index (χ4n) is 3.38. The van der Waals surface area contributed by atoms with Crippen molar-refractivity contribution < 1.29 is 17.1 Å². The van der Waals surface area contributed by atoms with Crippen molar-refractivity contribution in [3.8, 4) is 0 Å². The first-order valence-corrected chi connectivity index (χ1v) is 10.0. The fourth-order valence-corrected chi connectivity index (χ4v) is 3.89. The second-order valence-corrected chi connectivity index (χ2v) is 8.43. The van der Waals surface area contributed by atoms with Crippen LogP contribution in [0.3, 0.4) is 0 Å². The molecule has 1 saturated carbocycles. The van der Waals surface area contributed by atoms with Gasteiger partial charge in [0, 0.05) is 17.5 Å². The van der Waals surface area contributed by atoms with Crippen LogP contribution in [0.1, 0.15) is 46.3 Å². The van der Waals surface area contributed by atoms with Crippen LogP contribution in [0, 0.1) is 13.8 Å². The topological polar surface area (TPSA) is 63.2 Å². The molecule has 0 spiro atoms. The summed E-state index contributed by atoms with van der Waals surface area (Å²) in [7, 11) is -4.83. The molecule has 0 unspecified atom stereocenters. The van der Waals surface area contributed by atoms with Crippen molar-refractivity contribution in [2.24, 2.45) is 0 Å². The normalized spacial score (nSPS) is 16.0. The Bertz CT molecular complexity index is 949. The van der Waals surface area contributed by atoms with Gasteiger partial charge in [0.2, 0.25) is 0 Å². The Kier molecular flexibility index (Phi) is 4.88. The highest BCUT2D eigenvalue weighted by atomic mass is 32.3. The SMILES string of the molecule is Cc1ccc(C2(CNC(=O)c3cccc(S(=O)(=O)F)c3)CCC2)cc1C. The van der Waals surface area contributed by atoms with Crippen LogP contribution in [0.15, 0.2) is 47.4 Å². The molecule has 4 nitrogen and oxygen atoms in total. The Hall–Kier alpha value is -2.21. The van der Waals surface area contributed by atoms with Gasteiger partial charge in [-0.15, -0.1) is 3.89 Å². The summed E-state index contributed by atoms with van der Waals surface area (Å²) in [5.74, 6) is -0.398. The molecular formula is C20H22FNO3S. The standard InChI is InChI=1S/C20H22FNO3S/c1-14-7-8-17(11-15(14)2)20(9-4-10-20)13-22-19(23)16-5-3-6-18(12-16)26(21,24)25/h3,5-8,11-12H,4,9-10,13H2,1-2H3,(H,22,23). The number of carbonyl (C=O) groups excluding carboxylic acids is 1. The summed E-state index contributed by atoms with van der Waals surface area (Å²) in [6.07, 6.45) is 3.10. The Balaban J connectivity index is 1.77. The number of nitrogens with one attached hydrogen (secondary N) is 1. The Morgan fingerprint density at radius 3 is 2.42 bits per heavy atom. The molecule has 0 atom stereocenters. The van der Waals surface area contributed by atoms with Gasteiger partial charge in [-0.1, -0.05) is 30.7 Å². The van der Waals surface area contributed by atoms with Gasteiger partial charge in [-0.25, -0.2) is 0 Å². The van der Waals surface area contributed by atoms with Crippen LogP contribution in [-0.2, 0) is 15.6 Å². The predicted molar refractivity (Wildman–Crippen MR) is 98.5 cm³/mol. The van der Waals surface area contributed by atoms with Gasteiger partial charge in [0.05, 0.1) is 4.90 Å². The Labute approximate surface area is 153 Å². The number of carbonyl (C=O) groups is 1. The fraction of sp³-hybridized carbons (Fsp3) is 0.350. The molecule has 138 valence electrons. The zero-order valence-corrected chi connectivity index (χ0v) is 15.7. The maximum Gasteiger partial charge on any atom is 0.332 e. The monoisotopic (exact) mass is 375 g/mol. The van der Waals surface area contributed by atoms with Gasteiger partial charge < -0.3 is 5.32 Å². The zero-order valence-electron chi connectivity index (χ0n) is 14.9. The first-order chi connectivity index (χ1) is 12.2. The van der Waals surface area contributed by atoms with Gasteiger partial charge in [-0.05, 0) is 61.6 Å². The summed E-state index contributed by atoms with van der Waals surface area (Å²) in [5, 5.41) is 2.90. The summed E-state index contributed by atoms with van der Waals surface area (Å²) in [4.78, 5) is 11.9. The largest absolute Gasteiger partial charge is 0.351 e. The molecule has 6 heteroatoms. The van der Waals surface area contributed by atoms with Crippen LogP contribution in [0.4, 0.5) is 3.89 Å². The van der Waals surface area contributed by atoms with Crippen LogP contribution >= 0.6 is 0 Å². The van der Waals surface area contributed by atoms with Crippen molar-refractivity contribution >= 4 is 16.1 Å². The molecule has 1 N–H and O–H groups in total. The highest BCUT2D eigenvalue weighted by molar-refractivity contribution is 7.86. The van der Waals surface area contributed by atoms with Gasteiger partial charge in [0.1, 0.15) is 0 Å². The van der Waals surface area contributed by atoms with Gasteiger partial charge in [0.15, 0.2) is 0 Å². The highest BCUT2D eigenvalue weighted by Crippen LogP contribution is 2.43. The van der Waals surface area contributed by atoms with Crippen molar-refractivity contribution in [1.82, 2.24) is 5.32 Å². The molecule has 3 rings (SSSR count). The third-order valence-electron chi connectivity index (χ3n) is 5.40. The minimum atomic E-state index is -4.83. The summed E-state index contributed by atoms with van der Waals surface area (Å²) >= 11 is 0. The van der Waals surface area contributed by atoms with E-state index in [1.54, 1.807) is 0 Å². The molecular weight excluding hydrogens is 353 g/mol. The van der Waals surface area contributed by atoms with E-state index in [1.165, 1.54) is 28.8 Å². The van der Waals surface area contributed by atoms with E-state index in [1.807, 2.05) is 0 Å². The molecule has 0 aromatic heterocycles. The van der Waals surface area contributed by atoms with E-state index >= 15 is 0 Å². The van der Waals surface area contributed by atoms with E-state index in [-0.39, 0.29) is 11.0 Å². The van der Waals surface area contributed by atoms with E-state index in [0.29, 0.717) is 6.54 Å². The number of benzene rings is 2. The molecule has 0 aliphatic heterocycles. The molecule has 1 aliphatic carbocycles. The first-order valence-electron chi connectivity index (χ1n) is 8.62. The molecule has 2 aromatic rings. The number of rotatable bonds is 5. The van der Waals surface area contributed by atoms with Crippen LogP contribution in [0.25, 0.3) is 0 Å². The van der Waals surface area contributed by atoms with E-state index in [9.17, 15) is 17.1 Å². The molecule has 2 aromatic carbocycles. The molecule has 1 aliphatic rings. The molecule has 26 heavy (non-hydrogen) atoms. The third-order valence-corrected chi connectivity index (χ3v) is 6.21. The average molecular weight is 375 g/mol. The van der Waals surface area contributed by atoms with E-state index in [4.69, 9.17) is 0 Å². The minimum absolute atomic E-state index is 0.0854. The van der Waals surface area contributed by atoms with Gasteiger partial charge in [-0.3, -0.25) is 4.79 Å².